The number of rotatable bonds is 4. The maximum absolute atomic E-state index is 12.1. The fourth-order valence-electron chi connectivity index (χ4n) is 2.91. The molecule has 5 nitrogen and oxygen atoms in total. The van der Waals surface area contributed by atoms with Crippen LogP contribution in [-0.2, 0) is 10.0 Å². The molecule has 1 N–H and O–H groups in total. The first-order valence-electron chi connectivity index (χ1n) is 7.98. The molecule has 0 amide bonds. The second kappa shape index (κ2) is 7.36. The molecule has 6 heteroatoms. The van der Waals surface area contributed by atoms with Crippen molar-refractivity contribution in [1.82, 2.24) is 4.31 Å². The number of benzene rings is 1. The predicted octanol–water partition coefficient (Wildman–Crippen LogP) is 1.70. The van der Waals surface area contributed by atoms with Gasteiger partial charge in [0.2, 0.25) is 10.0 Å². The maximum atomic E-state index is 12.1. The lowest BCUT2D eigenvalue weighted by Gasteiger charge is -2.50. The number of hydrogen-bond donors (Lipinski definition) is 1. The number of nitrogens with zero attached hydrogens (tertiary/aromatic N) is 2. The fourth-order valence-corrected chi connectivity index (χ4v) is 4.35. The summed E-state index contributed by atoms with van der Waals surface area (Å²) in [4.78, 5) is 0. The van der Waals surface area contributed by atoms with E-state index in [0.29, 0.717) is 0 Å². The molecule has 0 spiro atoms. The van der Waals surface area contributed by atoms with Crippen molar-refractivity contribution < 1.29 is 13.5 Å². The molecule has 3 atom stereocenters. The fraction of sp³-hybridized carbons (Fsp3) is 0.500. The summed E-state index contributed by atoms with van der Waals surface area (Å²) in [6.45, 7) is 5.26. The van der Waals surface area contributed by atoms with E-state index in [1.54, 1.807) is 0 Å². The van der Waals surface area contributed by atoms with Crippen LogP contribution in [0.15, 0.2) is 24.3 Å². The van der Waals surface area contributed by atoms with Gasteiger partial charge in [0, 0.05) is 17.4 Å². The van der Waals surface area contributed by atoms with E-state index in [2.05, 4.69) is 17.9 Å². The topological polar surface area (TPSA) is 81.4 Å². The van der Waals surface area contributed by atoms with Crippen LogP contribution in [0.5, 0.6) is 0 Å². The molecule has 0 radical (unpaired) electrons. The van der Waals surface area contributed by atoms with Gasteiger partial charge < -0.3 is 5.11 Å². The Labute approximate surface area is 144 Å². The first-order chi connectivity index (χ1) is 11.4. The van der Waals surface area contributed by atoms with E-state index in [-0.39, 0.29) is 24.2 Å². The molecule has 0 unspecified atom stereocenters. The standard InChI is InChI=1S/C18H22N2O3S/c1-4-24(22,23)20-16(11-19)18(17(20)12-21)15-9-7-14(8-10-15)6-5-13(2)3/h7-10,13,16-18,21H,4,12H2,1-3H3/t16-,17+,18-/m1/s1. The minimum Gasteiger partial charge on any atom is -0.395 e. The van der Waals surface area contributed by atoms with Crippen LogP contribution in [0.2, 0.25) is 0 Å². The molecular formula is C18H22N2O3S. The SMILES string of the molecule is CCS(=O)(=O)N1[C@H](C#N)[C@@H](c2ccc(C#CC(C)C)cc2)[C@@H]1CO. The second-order valence-corrected chi connectivity index (χ2v) is 8.29. The van der Waals surface area contributed by atoms with E-state index in [1.807, 2.05) is 38.1 Å². The smallest absolute Gasteiger partial charge is 0.215 e. The van der Waals surface area contributed by atoms with Crippen LogP contribution in [0.4, 0.5) is 0 Å². The predicted molar refractivity (Wildman–Crippen MR) is 92.5 cm³/mol. The summed E-state index contributed by atoms with van der Waals surface area (Å²) < 4.78 is 25.4. The number of sulfonamides is 1. The van der Waals surface area contributed by atoms with Crippen molar-refractivity contribution in [2.24, 2.45) is 5.92 Å². The Bertz CT molecular complexity index is 782. The highest BCUT2D eigenvalue weighted by molar-refractivity contribution is 7.89. The molecule has 1 saturated heterocycles. The van der Waals surface area contributed by atoms with E-state index in [9.17, 15) is 18.8 Å². The van der Waals surface area contributed by atoms with Crippen molar-refractivity contribution in [3.8, 4) is 17.9 Å². The summed E-state index contributed by atoms with van der Waals surface area (Å²) in [5.41, 5.74) is 1.72. The van der Waals surface area contributed by atoms with Crippen LogP contribution < -0.4 is 0 Å². The van der Waals surface area contributed by atoms with Gasteiger partial charge in [-0.1, -0.05) is 37.8 Å². The summed E-state index contributed by atoms with van der Waals surface area (Å²) in [6.07, 6.45) is 0. The molecule has 1 aromatic carbocycles. The van der Waals surface area contributed by atoms with Crippen LogP contribution in [-0.4, -0.2) is 42.3 Å². The maximum Gasteiger partial charge on any atom is 0.215 e. The van der Waals surface area contributed by atoms with E-state index >= 15 is 0 Å². The first-order valence-corrected chi connectivity index (χ1v) is 9.59. The van der Waals surface area contributed by atoms with Gasteiger partial charge in [0.25, 0.3) is 0 Å². The quantitative estimate of drug-likeness (QED) is 0.841. The van der Waals surface area contributed by atoms with Crippen molar-refractivity contribution in [3.05, 3.63) is 35.4 Å². The molecule has 1 aromatic rings. The Morgan fingerprint density at radius 3 is 2.38 bits per heavy atom. The average Bonchev–Trinajstić information content (AvgIpc) is 2.53. The van der Waals surface area contributed by atoms with Crippen molar-refractivity contribution in [3.63, 3.8) is 0 Å². The van der Waals surface area contributed by atoms with E-state index in [4.69, 9.17) is 0 Å². The zero-order valence-corrected chi connectivity index (χ0v) is 14.9. The van der Waals surface area contributed by atoms with Gasteiger partial charge in [0.15, 0.2) is 0 Å². The Balaban J connectivity index is 2.29. The molecule has 1 aliphatic rings. The third-order valence-corrected chi connectivity index (χ3v) is 6.03. The van der Waals surface area contributed by atoms with Crippen LogP contribution in [0.25, 0.3) is 0 Å². The number of hydrogen-bond acceptors (Lipinski definition) is 4. The van der Waals surface area contributed by atoms with E-state index in [1.165, 1.54) is 6.92 Å². The molecular weight excluding hydrogens is 324 g/mol. The van der Waals surface area contributed by atoms with Crippen molar-refractivity contribution in [2.75, 3.05) is 12.4 Å². The largest absolute Gasteiger partial charge is 0.395 e. The van der Waals surface area contributed by atoms with Crippen LogP contribution in [0.3, 0.4) is 0 Å². The molecule has 1 fully saturated rings. The third-order valence-electron chi connectivity index (χ3n) is 4.16. The lowest BCUT2D eigenvalue weighted by atomic mass is 9.78. The minimum absolute atomic E-state index is 0.0852. The van der Waals surface area contributed by atoms with Gasteiger partial charge in [-0.2, -0.15) is 9.57 Å². The summed E-state index contributed by atoms with van der Waals surface area (Å²) in [5.74, 6) is 6.02. The molecule has 128 valence electrons. The molecule has 1 heterocycles. The lowest BCUT2D eigenvalue weighted by molar-refractivity contribution is 0.0558. The Morgan fingerprint density at radius 2 is 1.92 bits per heavy atom. The molecule has 1 aliphatic heterocycles. The van der Waals surface area contributed by atoms with Crippen LogP contribution >= 0.6 is 0 Å². The van der Waals surface area contributed by atoms with Gasteiger partial charge >= 0.3 is 0 Å². The first kappa shape index (κ1) is 18.5. The van der Waals surface area contributed by atoms with Gasteiger partial charge in [-0.15, -0.1) is 0 Å². The zero-order chi connectivity index (χ0) is 17.9. The molecule has 0 aromatic heterocycles. The summed E-state index contributed by atoms with van der Waals surface area (Å²) in [5, 5.41) is 19.0. The number of aliphatic hydroxyl groups is 1. The van der Waals surface area contributed by atoms with Gasteiger partial charge in [-0.3, -0.25) is 0 Å². The Morgan fingerprint density at radius 1 is 1.29 bits per heavy atom. The van der Waals surface area contributed by atoms with Gasteiger partial charge in [-0.25, -0.2) is 8.42 Å². The summed E-state index contributed by atoms with van der Waals surface area (Å²) in [7, 11) is -3.52. The van der Waals surface area contributed by atoms with E-state index in [0.717, 1.165) is 15.4 Å². The van der Waals surface area contributed by atoms with E-state index < -0.39 is 22.1 Å². The molecule has 0 aliphatic carbocycles. The summed E-state index contributed by atoms with van der Waals surface area (Å²) >= 11 is 0. The number of aliphatic hydroxyl groups excluding tert-OH is 1. The minimum atomic E-state index is -3.52. The zero-order valence-electron chi connectivity index (χ0n) is 14.1. The van der Waals surface area contributed by atoms with Crippen molar-refractivity contribution in [2.45, 2.75) is 38.8 Å². The summed E-state index contributed by atoms with van der Waals surface area (Å²) in [6, 6.07) is 8.15. The normalized spacial score (nSPS) is 23.9. The lowest BCUT2D eigenvalue weighted by Crippen LogP contribution is -2.65. The van der Waals surface area contributed by atoms with Crippen LogP contribution in [0.1, 0.15) is 37.8 Å². The van der Waals surface area contributed by atoms with Crippen molar-refractivity contribution >= 4 is 10.0 Å². The average molecular weight is 346 g/mol. The highest BCUT2D eigenvalue weighted by Crippen LogP contribution is 2.42. The Kier molecular flexibility index (Phi) is 5.66. The highest BCUT2D eigenvalue weighted by atomic mass is 32.2. The molecule has 24 heavy (non-hydrogen) atoms. The molecule has 0 bridgehead atoms. The molecule has 0 saturated carbocycles. The molecule has 2 rings (SSSR count). The third kappa shape index (κ3) is 3.47. The number of nitriles is 1. The van der Waals surface area contributed by atoms with Gasteiger partial charge in [0.05, 0.1) is 24.5 Å². The highest BCUT2D eigenvalue weighted by Gasteiger charge is 2.54. The van der Waals surface area contributed by atoms with Crippen LogP contribution in [0, 0.1) is 29.1 Å². The van der Waals surface area contributed by atoms with Gasteiger partial charge in [0.1, 0.15) is 6.04 Å². The van der Waals surface area contributed by atoms with Gasteiger partial charge in [-0.05, 0) is 24.6 Å². The van der Waals surface area contributed by atoms with Crippen molar-refractivity contribution in [1.29, 1.82) is 5.26 Å². The monoisotopic (exact) mass is 346 g/mol. The Hall–Kier alpha value is -1.86. The second-order valence-electron chi connectivity index (χ2n) is 6.13.